The van der Waals surface area contributed by atoms with E-state index in [1.807, 2.05) is 29.8 Å². The van der Waals surface area contributed by atoms with E-state index in [9.17, 15) is 0 Å². The number of benzene rings is 1. The summed E-state index contributed by atoms with van der Waals surface area (Å²) in [5, 5.41) is 13.2. The summed E-state index contributed by atoms with van der Waals surface area (Å²) < 4.78 is 0. The molecule has 2 heterocycles. The van der Waals surface area contributed by atoms with Crippen LogP contribution in [0.4, 0.5) is 5.69 Å². The number of nitrogens with one attached hydrogen (secondary N) is 2. The first-order chi connectivity index (χ1) is 8.92. The highest BCUT2D eigenvalue weighted by Crippen LogP contribution is 2.24. The molecule has 0 amide bonds. The van der Waals surface area contributed by atoms with E-state index < -0.39 is 0 Å². The molecule has 2 aromatic heterocycles. The van der Waals surface area contributed by atoms with Crippen LogP contribution in [-0.4, -0.2) is 15.2 Å². The van der Waals surface area contributed by atoms with Crippen LogP contribution in [0.5, 0.6) is 0 Å². The zero-order chi connectivity index (χ0) is 12.2. The van der Waals surface area contributed by atoms with Crippen LogP contribution in [0.2, 0.25) is 0 Å². The van der Waals surface area contributed by atoms with Crippen LogP contribution in [0.3, 0.4) is 0 Å². The van der Waals surface area contributed by atoms with E-state index >= 15 is 0 Å². The van der Waals surface area contributed by atoms with Crippen molar-refractivity contribution in [2.45, 2.75) is 6.54 Å². The second kappa shape index (κ2) is 5.01. The number of anilines is 1. The summed E-state index contributed by atoms with van der Waals surface area (Å²) in [5.74, 6) is 0. The van der Waals surface area contributed by atoms with Gasteiger partial charge in [-0.05, 0) is 18.2 Å². The number of nitrogens with zero attached hydrogens (tertiary/aromatic N) is 2. The quantitative estimate of drug-likeness (QED) is 0.754. The second-order valence-corrected chi connectivity index (χ2v) is 4.75. The molecule has 0 aliphatic heterocycles. The number of aromatic amines is 1. The van der Waals surface area contributed by atoms with Crippen LogP contribution in [0.15, 0.2) is 48.1 Å². The van der Waals surface area contributed by atoms with Crippen molar-refractivity contribution in [3.8, 4) is 10.6 Å². The number of hydrogen-bond acceptors (Lipinski definition) is 4. The summed E-state index contributed by atoms with van der Waals surface area (Å²) in [5.41, 5.74) is 3.28. The van der Waals surface area contributed by atoms with Crippen LogP contribution < -0.4 is 5.32 Å². The fraction of sp³-hybridized carbons (Fsp3) is 0.0769. The van der Waals surface area contributed by atoms with Crippen LogP contribution in [0.1, 0.15) is 5.69 Å². The van der Waals surface area contributed by atoms with Gasteiger partial charge in [-0.1, -0.05) is 12.1 Å². The standard InChI is InChI=1S/C13H12N4S/c1-2-10(13-14-6-7-18-13)8-11(3-1)15-9-12-4-5-16-17-12/h1-8,15H,9H2,(H,16,17). The molecule has 0 saturated carbocycles. The number of H-pyrrole nitrogens is 1. The maximum atomic E-state index is 4.31. The number of aromatic nitrogens is 3. The van der Waals surface area contributed by atoms with E-state index in [-0.39, 0.29) is 0 Å². The highest BCUT2D eigenvalue weighted by Gasteiger charge is 2.01. The molecule has 0 atom stereocenters. The summed E-state index contributed by atoms with van der Waals surface area (Å²) in [7, 11) is 0. The van der Waals surface area contributed by atoms with E-state index in [2.05, 4.69) is 32.6 Å². The van der Waals surface area contributed by atoms with Gasteiger partial charge < -0.3 is 5.32 Å². The molecule has 0 radical (unpaired) electrons. The minimum Gasteiger partial charge on any atom is -0.379 e. The Hall–Kier alpha value is -2.14. The Labute approximate surface area is 109 Å². The van der Waals surface area contributed by atoms with Crippen molar-refractivity contribution in [1.82, 2.24) is 15.2 Å². The Morgan fingerprint density at radius 1 is 1.22 bits per heavy atom. The monoisotopic (exact) mass is 256 g/mol. The molecule has 0 saturated heterocycles. The smallest absolute Gasteiger partial charge is 0.123 e. The summed E-state index contributed by atoms with van der Waals surface area (Å²) >= 11 is 1.65. The van der Waals surface area contributed by atoms with Gasteiger partial charge in [0.1, 0.15) is 5.01 Å². The molecular formula is C13H12N4S. The van der Waals surface area contributed by atoms with Crippen molar-refractivity contribution in [3.05, 3.63) is 53.8 Å². The maximum Gasteiger partial charge on any atom is 0.123 e. The van der Waals surface area contributed by atoms with Crippen molar-refractivity contribution in [3.63, 3.8) is 0 Å². The van der Waals surface area contributed by atoms with Gasteiger partial charge in [-0.2, -0.15) is 5.10 Å². The van der Waals surface area contributed by atoms with Crippen molar-refractivity contribution < 1.29 is 0 Å². The number of hydrogen-bond donors (Lipinski definition) is 2. The first kappa shape index (κ1) is 11.0. The molecule has 0 aliphatic rings. The van der Waals surface area contributed by atoms with Gasteiger partial charge in [0.05, 0.1) is 12.2 Å². The van der Waals surface area contributed by atoms with E-state index in [1.54, 1.807) is 17.5 Å². The summed E-state index contributed by atoms with van der Waals surface area (Å²) in [6.45, 7) is 0.737. The van der Waals surface area contributed by atoms with Gasteiger partial charge >= 0.3 is 0 Å². The lowest BCUT2D eigenvalue weighted by Gasteiger charge is -2.06. The molecule has 0 bridgehead atoms. The van der Waals surface area contributed by atoms with Crippen molar-refractivity contribution in [2.24, 2.45) is 0 Å². The average molecular weight is 256 g/mol. The zero-order valence-electron chi connectivity index (χ0n) is 9.63. The second-order valence-electron chi connectivity index (χ2n) is 3.85. The highest BCUT2D eigenvalue weighted by molar-refractivity contribution is 7.13. The van der Waals surface area contributed by atoms with Crippen molar-refractivity contribution >= 4 is 17.0 Å². The topological polar surface area (TPSA) is 53.6 Å². The lowest BCUT2D eigenvalue weighted by molar-refractivity contribution is 0.981. The summed E-state index contributed by atoms with van der Waals surface area (Å²) in [6.07, 6.45) is 3.58. The fourth-order valence-corrected chi connectivity index (χ4v) is 2.34. The third-order valence-electron chi connectivity index (χ3n) is 2.58. The predicted octanol–water partition coefficient (Wildman–Crippen LogP) is 3.15. The Kier molecular flexibility index (Phi) is 3.06. The zero-order valence-corrected chi connectivity index (χ0v) is 10.4. The Balaban J connectivity index is 1.75. The highest BCUT2D eigenvalue weighted by atomic mass is 32.1. The van der Waals surface area contributed by atoms with E-state index in [4.69, 9.17) is 0 Å². The van der Waals surface area contributed by atoms with Gasteiger partial charge in [-0.15, -0.1) is 11.3 Å². The fourth-order valence-electron chi connectivity index (χ4n) is 1.71. The average Bonchev–Trinajstić information content (AvgIpc) is 3.10. The molecule has 3 rings (SSSR count). The molecule has 3 aromatic rings. The molecule has 0 unspecified atom stereocenters. The Morgan fingerprint density at radius 3 is 3.00 bits per heavy atom. The van der Waals surface area contributed by atoms with Crippen LogP contribution in [0, 0.1) is 0 Å². The van der Waals surface area contributed by atoms with E-state index in [0.29, 0.717) is 0 Å². The van der Waals surface area contributed by atoms with Crippen LogP contribution in [-0.2, 0) is 6.54 Å². The molecular weight excluding hydrogens is 244 g/mol. The molecule has 0 aliphatic carbocycles. The predicted molar refractivity (Wildman–Crippen MR) is 73.5 cm³/mol. The van der Waals surface area contributed by atoms with Crippen molar-refractivity contribution in [1.29, 1.82) is 0 Å². The van der Waals surface area contributed by atoms with E-state index in [1.165, 1.54) is 0 Å². The van der Waals surface area contributed by atoms with Crippen LogP contribution in [0.25, 0.3) is 10.6 Å². The van der Waals surface area contributed by atoms with Gasteiger partial charge in [-0.3, -0.25) is 5.10 Å². The molecule has 18 heavy (non-hydrogen) atoms. The molecule has 0 fully saturated rings. The van der Waals surface area contributed by atoms with Gasteiger partial charge in [0.25, 0.3) is 0 Å². The normalized spacial score (nSPS) is 10.4. The molecule has 4 nitrogen and oxygen atoms in total. The van der Waals surface area contributed by atoms with Crippen molar-refractivity contribution in [2.75, 3.05) is 5.32 Å². The number of rotatable bonds is 4. The SMILES string of the molecule is c1cc(NCc2ccn[nH]2)cc(-c2nccs2)c1. The van der Waals surface area contributed by atoms with E-state index in [0.717, 1.165) is 28.5 Å². The first-order valence-corrected chi connectivity index (χ1v) is 6.52. The lowest BCUT2D eigenvalue weighted by atomic mass is 10.2. The minimum atomic E-state index is 0.737. The van der Waals surface area contributed by atoms with Gasteiger partial charge in [0, 0.05) is 29.0 Å². The van der Waals surface area contributed by atoms with Gasteiger partial charge in [-0.25, -0.2) is 4.98 Å². The molecule has 0 spiro atoms. The Bertz CT molecular complexity index is 602. The third-order valence-corrected chi connectivity index (χ3v) is 3.41. The summed E-state index contributed by atoms with van der Waals surface area (Å²) in [4.78, 5) is 4.31. The molecule has 2 N–H and O–H groups in total. The lowest BCUT2D eigenvalue weighted by Crippen LogP contribution is -1.99. The van der Waals surface area contributed by atoms with Gasteiger partial charge in [0.2, 0.25) is 0 Å². The third kappa shape index (κ3) is 2.41. The molecule has 1 aromatic carbocycles. The summed E-state index contributed by atoms with van der Waals surface area (Å²) in [6, 6.07) is 10.2. The number of thiazole rings is 1. The first-order valence-electron chi connectivity index (χ1n) is 5.64. The maximum absolute atomic E-state index is 4.31. The molecule has 5 heteroatoms. The Morgan fingerprint density at radius 2 is 2.22 bits per heavy atom. The van der Waals surface area contributed by atoms with Gasteiger partial charge in [0.15, 0.2) is 0 Å². The van der Waals surface area contributed by atoms with Crippen LogP contribution >= 0.6 is 11.3 Å². The largest absolute Gasteiger partial charge is 0.379 e. The minimum absolute atomic E-state index is 0.737. The molecule has 90 valence electrons.